The zero-order valence-electron chi connectivity index (χ0n) is 8.30. The summed E-state index contributed by atoms with van der Waals surface area (Å²) in [6, 6.07) is 0. The van der Waals surface area contributed by atoms with E-state index in [1.807, 2.05) is 0 Å². The van der Waals surface area contributed by atoms with Gasteiger partial charge in [-0.15, -0.1) is 0 Å². The van der Waals surface area contributed by atoms with Crippen molar-refractivity contribution in [1.82, 2.24) is 0 Å². The molecule has 2 fully saturated rings. The fourth-order valence-corrected chi connectivity index (χ4v) is 1.37. The summed E-state index contributed by atoms with van der Waals surface area (Å²) in [5, 5.41) is 0. The minimum atomic E-state index is 0. The van der Waals surface area contributed by atoms with Crippen molar-refractivity contribution < 1.29 is 14.2 Å². The Morgan fingerprint density at radius 1 is 0.462 bits per heavy atom. The monoisotopic (exact) mass is 192 g/mol. The first-order chi connectivity index (χ1) is 6.00. The summed E-state index contributed by atoms with van der Waals surface area (Å²) < 4.78 is 10.1. The summed E-state index contributed by atoms with van der Waals surface area (Å²) in [6.07, 6.45) is 7.86. The molecule has 2 saturated heterocycles. The van der Waals surface area contributed by atoms with Crippen molar-refractivity contribution in [3.05, 3.63) is 0 Å². The molecular formula is C10H21FO2. The highest BCUT2D eigenvalue weighted by atomic mass is 19.0. The van der Waals surface area contributed by atoms with E-state index in [2.05, 4.69) is 0 Å². The average molecular weight is 192 g/mol. The summed E-state index contributed by atoms with van der Waals surface area (Å²) in [5.74, 6) is 0. The van der Waals surface area contributed by atoms with Crippen molar-refractivity contribution in [2.45, 2.75) is 38.5 Å². The van der Waals surface area contributed by atoms with E-state index in [1.165, 1.54) is 38.5 Å². The van der Waals surface area contributed by atoms with Gasteiger partial charge in [-0.1, -0.05) is 0 Å². The summed E-state index contributed by atoms with van der Waals surface area (Å²) in [4.78, 5) is 0. The highest BCUT2D eigenvalue weighted by Gasteiger charge is 1.95. The molecule has 2 nitrogen and oxygen atoms in total. The van der Waals surface area contributed by atoms with Crippen LogP contribution in [0.3, 0.4) is 0 Å². The Kier molecular flexibility index (Phi) is 9.82. The molecule has 0 bridgehead atoms. The highest BCUT2D eigenvalue weighted by Crippen LogP contribution is 2.02. The standard InChI is InChI=1S/2C5H10O.FH/c2*1-2-4-6-5-3-1;/h2*1-5H2;1H. The fraction of sp³-hybridized carbons (Fsp3) is 1.00. The van der Waals surface area contributed by atoms with E-state index in [4.69, 9.17) is 9.47 Å². The Balaban J connectivity index is 0.000000206. The normalized spacial score (nSPS) is 22.2. The molecule has 2 heterocycles. The molecule has 0 radical (unpaired) electrons. The minimum absolute atomic E-state index is 0. The molecule has 2 aliphatic heterocycles. The van der Waals surface area contributed by atoms with Crippen LogP contribution >= 0.6 is 0 Å². The van der Waals surface area contributed by atoms with E-state index >= 15 is 0 Å². The molecule has 13 heavy (non-hydrogen) atoms. The van der Waals surface area contributed by atoms with E-state index in [1.54, 1.807) is 0 Å². The number of rotatable bonds is 0. The van der Waals surface area contributed by atoms with Crippen LogP contribution in [0.15, 0.2) is 0 Å². The smallest absolute Gasteiger partial charge is 0.0466 e. The summed E-state index contributed by atoms with van der Waals surface area (Å²) in [5.41, 5.74) is 0. The molecule has 0 spiro atoms. The zero-order chi connectivity index (χ0) is 8.49. The van der Waals surface area contributed by atoms with Gasteiger partial charge in [-0.05, 0) is 38.5 Å². The molecule has 0 saturated carbocycles. The molecule has 0 N–H and O–H groups in total. The largest absolute Gasteiger partial charge is 0.381 e. The van der Waals surface area contributed by atoms with E-state index in [0.717, 1.165) is 26.4 Å². The molecule has 80 valence electrons. The van der Waals surface area contributed by atoms with Crippen molar-refractivity contribution in [3.8, 4) is 0 Å². The Labute approximate surface area is 80.0 Å². The van der Waals surface area contributed by atoms with Crippen LogP contribution in [0, 0.1) is 0 Å². The van der Waals surface area contributed by atoms with Crippen LogP contribution in [0.4, 0.5) is 4.70 Å². The second-order valence-electron chi connectivity index (χ2n) is 3.35. The lowest BCUT2D eigenvalue weighted by atomic mass is 10.2. The Morgan fingerprint density at radius 2 is 0.769 bits per heavy atom. The number of hydrogen-bond donors (Lipinski definition) is 0. The van der Waals surface area contributed by atoms with Gasteiger partial charge in [0, 0.05) is 26.4 Å². The van der Waals surface area contributed by atoms with Gasteiger partial charge in [0.15, 0.2) is 0 Å². The van der Waals surface area contributed by atoms with Gasteiger partial charge in [0.25, 0.3) is 0 Å². The zero-order valence-corrected chi connectivity index (χ0v) is 8.30. The molecule has 3 heteroatoms. The lowest BCUT2D eigenvalue weighted by Gasteiger charge is -2.08. The van der Waals surface area contributed by atoms with Gasteiger partial charge in [0.2, 0.25) is 0 Å². The van der Waals surface area contributed by atoms with Crippen LogP contribution in [0.5, 0.6) is 0 Å². The topological polar surface area (TPSA) is 18.5 Å². The summed E-state index contributed by atoms with van der Waals surface area (Å²) >= 11 is 0. The molecule has 2 rings (SSSR count). The van der Waals surface area contributed by atoms with E-state index in [0.29, 0.717) is 0 Å². The highest BCUT2D eigenvalue weighted by molar-refractivity contribution is 4.45. The van der Waals surface area contributed by atoms with Crippen LogP contribution in [-0.4, -0.2) is 26.4 Å². The third kappa shape index (κ3) is 8.19. The fourth-order valence-electron chi connectivity index (χ4n) is 1.37. The van der Waals surface area contributed by atoms with Crippen molar-refractivity contribution in [2.75, 3.05) is 26.4 Å². The number of ether oxygens (including phenoxy) is 2. The van der Waals surface area contributed by atoms with Gasteiger partial charge >= 0.3 is 0 Å². The molecule has 0 aliphatic carbocycles. The van der Waals surface area contributed by atoms with E-state index in [9.17, 15) is 0 Å². The molecule has 0 aromatic carbocycles. The first-order valence-electron chi connectivity index (χ1n) is 5.15. The van der Waals surface area contributed by atoms with Crippen LogP contribution < -0.4 is 0 Å². The maximum atomic E-state index is 5.07. The Bertz CT molecular complexity index is 55.9. The van der Waals surface area contributed by atoms with E-state index in [-0.39, 0.29) is 4.70 Å². The lowest BCUT2D eigenvalue weighted by molar-refractivity contribution is 0.0967. The molecule has 2 aliphatic rings. The second kappa shape index (κ2) is 9.93. The Morgan fingerprint density at radius 3 is 0.846 bits per heavy atom. The van der Waals surface area contributed by atoms with Gasteiger partial charge in [-0.3, -0.25) is 4.70 Å². The van der Waals surface area contributed by atoms with Crippen molar-refractivity contribution in [2.24, 2.45) is 0 Å². The third-order valence-electron chi connectivity index (χ3n) is 2.15. The minimum Gasteiger partial charge on any atom is -0.381 e. The van der Waals surface area contributed by atoms with Crippen molar-refractivity contribution >= 4 is 0 Å². The van der Waals surface area contributed by atoms with Gasteiger partial charge in [-0.2, -0.15) is 0 Å². The molecular weight excluding hydrogens is 171 g/mol. The first kappa shape index (κ1) is 12.8. The summed E-state index contributed by atoms with van der Waals surface area (Å²) in [7, 11) is 0. The SMILES string of the molecule is C1CCOCC1.C1CCOCC1.F. The van der Waals surface area contributed by atoms with Crippen LogP contribution in [0.1, 0.15) is 38.5 Å². The third-order valence-corrected chi connectivity index (χ3v) is 2.15. The van der Waals surface area contributed by atoms with Crippen LogP contribution in [0.25, 0.3) is 0 Å². The molecule has 0 unspecified atom stereocenters. The van der Waals surface area contributed by atoms with Crippen molar-refractivity contribution in [3.63, 3.8) is 0 Å². The molecule has 0 aromatic heterocycles. The van der Waals surface area contributed by atoms with Gasteiger partial charge < -0.3 is 9.47 Å². The van der Waals surface area contributed by atoms with E-state index < -0.39 is 0 Å². The number of hydrogen-bond acceptors (Lipinski definition) is 2. The predicted molar refractivity (Wildman–Crippen MR) is 51.8 cm³/mol. The summed E-state index contributed by atoms with van der Waals surface area (Å²) in [6.45, 7) is 4.00. The Hall–Kier alpha value is -0.150. The second-order valence-corrected chi connectivity index (χ2v) is 3.35. The molecule has 0 amide bonds. The van der Waals surface area contributed by atoms with Gasteiger partial charge in [-0.25, -0.2) is 0 Å². The van der Waals surface area contributed by atoms with Gasteiger partial charge in [0.1, 0.15) is 0 Å². The number of halogens is 1. The van der Waals surface area contributed by atoms with Crippen LogP contribution in [-0.2, 0) is 9.47 Å². The quantitative estimate of drug-likeness (QED) is 0.587. The van der Waals surface area contributed by atoms with Gasteiger partial charge in [0.05, 0.1) is 0 Å². The molecule has 0 aromatic rings. The van der Waals surface area contributed by atoms with Crippen molar-refractivity contribution in [1.29, 1.82) is 0 Å². The maximum absolute atomic E-state index is 5.07. The lowest BCUT2D eigenvalue weighted by Crippen LogP contribution is -2.03. The average Bonchev–Trinajstić information content (AvgIpc) is 2.24. The first-order valence-corrected chi connectivity index (χ1v) is 5.15. The van der Waals surface area contributed by atoms with Crippen LogP contribution in [0.2, 0.25) is 0 Å². The predicted octanol–water partition coefficient (Wildman–Crippen LogP) is 2.53. The molecule has 0 atom stereocenters. The maximum Gasteiger partial charge on any atom is 0.0466 e.